The zero-order chi connectivity index (χ0) is 22.0. The van der Waals surface area contributed by atoms with Gasteiger partial charge in [-0.25, -0.2) is 0 Å². The van der Waals surface area contributed by atoms with Crippen molar-refractivity contribution in [2.24, 2.45) is 16.7 Å². The van der Waals surface area contributed by atoms with Crippen LogP contribution < -0.4 is 0 Å². The van der Waals surface area contributed by atoms with Crippen LogP contribution >= 0.6 is 0 Å². The van der Waals surface area contributed by atoms with Gasteiger partial charge in [-0.05, 0) is 38.5 Å². The molecule has 0 heterocycles. The maximum atomic E-state index is 6.89. The second-order valence-electron chi connectivity index (χ2n) is 11.1. The van der Waals surface area contributed by atoms with Gasteiger partial charge in [-0.3, -0.25) is 0 Å². The van der Waals surface area contributed by atoms with Crippen molar-refractivity contribution < 1.29 is 9.47 Å². The third-order valence-electron chi connectivity index (χ3n) is 6.30. The third-order valence-corrected chi connectivity index (χ3v) is 6.30. The predicted octanol–water partition coefficient (Wildman–Crippen LogP) is 8.77. The second kappa shape index (κ2) is 12.6. The van der Waals surface area contributed by atoms with E-state index in [1.54, 1.807) is 0 Å². The van der Waals surface area contributed by atoms with Crippen molar-refractivity contribution in [3.63, 3.8) is 0 Å². The molecule has 3 unspecified atom stereocenters. The molecule has 0 aliphatic rings. The molecule has 0 aromatic heterocycles. The molecular formula is C26H54O2. The van der Waals surface area contributed by atoms with Gasteiger partial charge in [0, 0.05) is 11.3 Å². The lowest BCUT2D eigenvalue weighted by Gasteiger charge is -2.55. The van der Waals surface area contributed by atoms with Gasteiger partial charge in [0.1, 0.15) is 0 Å². The summed E-state index contributed by atoms with van der Waals surface area (Å²) in [6, 6.07) is 0. The van der Waals surface area contributed by atoms with Crippen LogP contribution in [0.25, 0.3) is 0 Å². The van der Waals surface area contributed by atoms with Crippen LogP contribution in [0.3, 0.4) is 0 Å². The van der Waals surface area contributed by atoms with Crippen LogP contribution in [0.1, 0.15) is 134 Å². The molecule has 0 spiro atoms. The van der Waals surface area contributed by atoms with Crippen LogP contribution in [0.2, 0.25) is 0 Å². The van der Waals surface area contributed by atoms with Gasteiger partial charge in [-0.15, -0.1) is 0 Å². The molecule has 28 heavy (non-hydrogen) atoms. The minimum atomic E-state index is -0.570. The van der Waals surface area contributed by atoms with Gasteiger partial charge in [0.15, 0.2) is 5.79 Å². The van der Waals surface area contributed by atoms with Gasteiger partial charge < -0.3 is 9.47 Å². The van der Waals surface area contributed by atoms with Crippen molar-refractivity contribution in [2.75, 3.05) is 0 Å². The Labute approximate surface area is 178 Å². The predicted molar refractivity (Wildman–Crippen MR) is 125 cm³/mol. The van der Waals surface area contributed by atoms with Gasteiger partial charge in [0.2, 0.25) is 0 Å². The second-order valence-corrected chi connectivity index (χ2v) is 11.1. The van der Waals surface area contributed by atoms with Crippen LogP contribution in [0, 0.1) is 16.7 Å². The average molecular weight is 399 g/mol. The van der Waals surface area contributed by atoms with E-state index >= 15 is 0 Å². The van der Waals surface area contributed by atoms with E-state index in [0.717, 1.165) is 12.8 Å². The van der Waals surface area contributed by atoms with E-state index in [9.17, 15) is 0 Å². The number of hydrogen-bond donors (Lipinski definition) is 0. The van der Waals surface area contributed by atoms with E-state index in [-0.39, 0.29) is 23.0 Å². The van der Waals surface area contributed by atoms with Crippen molar-refractivity contribution >= 4 is 0 Å². The first-order chi connectivity index (χ1) is 12.9. The highest BCUT2D eigenvalue weighted by atomic mass is 16.7. The average Bonchev–Trinajstić information content (AvgIpc) is 2.58. The Bertz CT molecular complexity index is 376. The molecule has 0 radical (unpaired) electrons. The molecule has 2 nitrogen and oxygen atoms in total. The maximum absolute atomic E-state index is 6.89. The zero-order valence-corrected chi connectivity index (χ0v) is 21.4. The third kappa shape index (κ3) is 8.74. The standard InChI is InChI=1S/C26H54O2/c1-12-15-16-17-18-19-20-23(24(6,7)8)26(25(9,10)11,27-21(4)13-2)28-22(5)14-3/h21-23H,12-20H2,1-11H3. The van der Waals surface area contributed by atoms with Gasteiger partial charge in [0.05, 0.1) is 12.2 Å². The summed E-state index contributed by atoms with van der Waals surface area (Å²) in [5.74, 6) is -0.214. The summed E-state index contributed by atoms with van der Waals surface area (Å²) >= 11 is 0. The molecule has 170 valence electrons. The molecule has 0 saturated carbocycles. The summed E-state index contributed by atoms with van der Waals surface area (Å²) in [5, 5.41) is 0. The molecule has 2 heteroatoms. The Kier molecular flexibility index (Phi) is 12.5. The monoisotopic (exact) mass is 398 g/mol. The quantitative estimate of drug-likeness (QED) is 0.215. The summed E-state index contributed by atoms with van der Waals surface area (Å²) in [7, 11) is 0. The Morgan fingerprint density at radius 1 is 0.643 bits per heavy atom. The first-order valence-corrected chi connectivity index (χ1v) is 12.2. The van der Waals surface area contributed by atoms with E-state index in [2.05, 4.69) is 76.2 Å². The van der Waals surface area contributed by atoms with Gasteiger partial charge in [-0.1, -0.05) is 101 Å². The van der Waals surface area contributed by atoms with E-state index < -0.39 is 5.79 Å². The van der Waals surface area contributed by atoms with Gasteiger partial charge in [0.25, 0.3) is 0 Å². The van der Waals surface area contributed by atoms with E-state index in [1.807, 2.05) is 0 Å². The first kappa shape index (κ1) is 27.9. The van der Waals surface area contributed by atoms with Crippen LogP contribution in [0.4, 0.5) is 0 Å². The number of rotatable bonds is 14. The Morgan fingerprint density at radius 3 is 1.43 bits per heavy atom. The van der Waals surface area contributed by atoms with Crippen LogP contribution in [0.5, 0.6) is 0 Å². The largest absolute Gasteiger partial charge is 0.346 e. The van der Waals surface area contributed by atoms with Crippen molar-refractivity contribution in [1.29, 1.82) is 0 Å². The fourth-order valence-electron chi connectivity index (χ4n) is 4.15. The molecule has 3 atom stereocenters. The van der Waals surface area contributed by atoms with Crippen LogP contribution in [-0.2, 0) is 9.47 Å². The normalized spacial score (nSPS) is 18.5. The maximum Gasteiger partial charge on any atom is 0.176 e. The first-order valence-electron chi connectivity index (χ1n) is 12.2. The molecule has 0 bridgehead atoms. The number of ether oxygens (including phenoxy) is 2. The molecule has 0 aromatic carbocycles. The van der Waals surface area contributed by atoms with Crippen molar-refractivity contribution in [3.8, 4) is 0 Å². The Hall–Kier alpha value is -0.0800. The fraction of sp³-hybridized carbons (Fsp3) is 1.00. The SMILES string of the molecule is CCCCCCCCC(C(C)(C)C)C(OC(C)CC)(OC(C)CC)C(C)(C)C. The summed E-state index contributed by atoms with van der Waals surface area (Å²) < 4.78 is 13.8. The molecule has 0 aliphatic heterocycles. The van der Waals surface area contributed by atoms with Crippen LogP contribution in [-0.4, -0.2) is 18.0 Å². The topological polar surface area (TPSA) is 18.5 Å². The van der Waals surface area contributed by atoms with E-state index in [0.29, 0.717) is 5.92 Å². The smallest absolute Gasteiger partial charge is 0.176 e. The highest BCUT2D eigenvalue weighted by Gasteiger charge is 2.55. The molecule has 0 rings (SSSR count). The summed E-state index contributed by atoms with van der Waals surface area (Å²) in [6.45, 7) is 25.1. The zero-order valence-electron chi connectivity index (χ0n) is 21.4. The number of hydrogen-bond acceptors (Lipinski definition) is 2. The molecule has 0 amide bonds. The van der Waals surface area contributed by atoms with E-state index in [4.69, 9.17) is 9.47 Å². The Morgan fingerprint density at radius 2 is 1.07 bits per heavy atom. The molecular weight excluding hydrogens is 344 g/mol. The molecule has 0 fully saturated rings. The summed E-state index contributed by atoms with van der Waals surface area (Å²) in [5.41, 5.74) is 0.0254. The van der Waals surface area contributed by atoms with Crippen LogP contribution in [0.15, 0.2) is 0 Å². The fourth-order valence-corrected chi connectivity index (χ4v) is 4.15. The lowest BCUT2D eigenvalue weighted by atomic mass is 9.65. The lowest BCUT2D eigenvalue weighted by Crippen LogP contribution is -2.59. The van der Waals surface area contributed by atoms with Crippen molar-refractivity contribution in [3.05, 3.63) is 0 Å². The molecule has 0 saturated heterocycles. The molecule has 0 aromatic rings. The minimum Gasteiger partial charge on any atom is -0.346 e. The molecule has 0 N–H and O–H groups in total. The lowest BCUT2D eigenvalue weighted by molar-refractivity contribution is -0.358. The van der Waals surface area contributed by atoms with Crippen molar-refractivity contribution in [1.82, 2.24) is 0 Å². The van der Waals surface area contributed by atoms with Gasteiger partial charge in [-0.2, -0.15) is 0 Å². The van der Waals surface area contributed by atoms with Gasteiger partial charge >= 0.3 is 0 Å². The Balaban J connectivity index is 5.79. The number of unbranched alkanes of at least 4 members (excludes halogenated alkanes) is 5. The summed E-state index contributed by atoms with van der Waals surface area (Å²) in [6.07, 6.45) is 11.5. The van der Waals surface area contributed by atoms with Crippen molar-refractivity contribution in [2.45, 2.75) is 152 Å². The highest BCUT2D eigenvalue weighted by Crippen LogP contribution is 2.51. The summed E-state index contributed by atoms with van der Waals surface area (Å²) in [4.78, 5) is 0. The molecule has 0 aliphatic carbocycles. The van der Waals surface area contributed by atoms with E-state index in [1.165, 1.54) is 44.9 Å². The minimum absolute atomic E-state index is 0.0972. The highest BCUT2D eigenvalue weighted by molar-refractivity contribution is 4.97.